The van der Waals surface area contributed by atoms with Gasteiger partial charge in [0, 0.05) is 19.7 Å². The highest BCUT2D eigenvalue weighted by Crippen LogP contribution is 2.65. The zero-order valence-electron chi connectivity index (χ0n) is 18.4. The summed E-state index contributed by atoms with van der Waals surface area (Å²) in [6.45, 7) is 2.37. The molecule has 2 aliphatic heterocycles. The van der Waals surface area contributed by atoms with Crippen LogP contribution < -0.4 is 4.74 Å². The van der Waals surface area contributed by atoms with E-state index in [4.69, 9.17) is 9.47 Å². The average Bonchev–Trinajstić information content (AvgIpc) is 3.24. The summed E-state index contributed by atoms with van der Waals surface area (Å²) in [4.78, 5) is 26.1. The molecule has 1 N–H and O–H groups in total. The minimum atomic E-state index is -0.996. The number of benzene rings is 2. The molecule has 168 valence electrons. The van der Waals surface area contributed by atoms with Crippen LogP contribution in [0.1, 0.15) is 53.9 Å². The van der Waals surface area contributed by atoms with Gasteiger partial charge >= 0.3 is 5.97 Å². The van der Waals surface area contributed by atoms with Crippen LogP contribution in [-0.2, 0) is 9.53 Å². The van der Waals surface area contributed by atoms with Crippen molar-refractivity contribution in [3.63, 3.8) is 0 Å². The van der Waals surface area contributed by atoms with Crippen LogP contribution in [0.2, 0.25) is 0 Å². The minimum absolute atomic E-state index is 0.166. The lowest BCUT2D eigenvalue weighted by Crippen LogP contribution is -2.44. The number of hydrogen-bond acceptors (Lipinski definition) is 4. The van der Waals surface area contributed by atoms with E-state index in [1.54, 1.807) is 12.1 Å². The maximum Gasteiger partial charge on any atom is 0.339 e. The molecule has 2 atom stereocenters. The fourth-order valence-corrected chi connectivity index (χ4v) is 5.48. The normalized spacial score (nSPS) is 23.8. The van der Waals surface area contributed by atoms with Crippen molar-refractivity contribution in [2.45, 2.75) is 44.1 Å². The van der Waals surface area contributed by atoms with Gasteiger partial charge in [-0.1, -0.05) is 30.3 Å². The zero-order chi connectivity index (χ0) is 22.3. The molecule has 0 radical (unpaired) electrons. The molecule has 1 amide bonds. The van der Waals surface area contributed by atoms with Crippen LogP contribution in [0.4, 0.5) is 0 Å². The maximum atomic E-state index is 12.6. The van der Waals surface area contributed by atoms with E-state index in [1.807, 2.05) is 11.0 Å². The predicted octanol–water partition coefficient (Wildman–Crippen LogP) is 4.34. The first-order valence-corrected chi connectivity index (χ1v) is 11.4. The van der Waals surface area contributed by atoms with E-state index in [1.165, 1.54) is 19.1 Å². The smallest absolute Gasteiger partial charge is 0.339 e. The quantitative estimate of drug-likeness (QED) is 0.756. The number of aromatic carboxylic acids is 1. The summed E-state index contributed by atoms with van der Waals surface area (Å²) in [5.74, 6) is 0.0905. The van der Waals surface area contributed by atoms with Gasteiger partial charge in [0.2, 0.25) is 0 Å². The van der Waals surface area contributed by atoms with Gasteiger partial charge < -0.3 is 19.5 Å². The molecular weight excluding hydrogens is 406 g/mol. The molecule has 6 heteroatoms. The number of carboxylic acids is 1. The lowest BCUT2D eigenvalue weighted by Gasteiger charge is -2.34. The Morgan fingerprint density at radius 2 is 1.81 bits per heavy atom. The Bertz CT molecular complexity index is 1020. The summed E-state index contributed by atoms with van der Waals surface area (Å²) >= 11 is 0. The number of carbonyl (C=O) groups is 2. The van der Waals surface area contributed by atoms with E-state index < -0.39 is 5.97 Å². The van der Waals surface area contributed by atoms with Crippen molar-refractivity contribution in [1.29, 1.82) is 0 Å². The second-order valence-corrected chi connectivity index (χ2v) is 9.29. The van der Waals surface area contributed by atoms with E-state index in [2.05, 4.69) is 24.3 Å². The topological polar surface area (TPSA) is 76.1 Å². The highest BCUT2D eigenvalue weighted by atomic mass is 16.5. The van der Waals surface area contributed by atoms with Crippen molar-refractivity contribution in [1.82, 2.24) is 4.90 Å². The number of piperidine rings is 1. The molecule has 6 nitrogen and oxygen atoms in total. The summed E-state index contributed by atoms with van der Waals surface area (Å²) in [5, 5.41) is 9.44. The molecule has 1 saturated carbocycles. The predicted molar refractivity (Wildman–Crippen MR) is 120 cm³/mol. The third kappa shape index (κ3) is 3.77. The molecule has 3 aliphatic rings. The Labute approximate surface area is 188 Å². The number of nitrogens with zero attached hydrogens (tertiary/aromatic N) is 1. The SMILES string of the molecule is COc1ccc(-c2ccc([C@H]3CC34CCN(C(=O)[C@H]3CCCO3)CC4)cc2)cc1C(=O)O. The van der Waals surface area contributed by atoms with Gasteiger partial charge in [-0.25, -0.2) is 4.79 Å². The molecule has 32 heavy (non-hydrogen) atoms. The van der Waals surface area contributed by atoms with Crippen LogP contribution in [0.15, 0.2) is 42.5 Å². The Kier molecular flexibility index (Phi) is 5.41. The van der Waals surface area contributed by atoms with E-state index in [-0.39, 0.29) is 17.6 Å². The van der Waals surface area contributed by atoms with E-state index >= 15 is 0 Å². The Morgan fingerprint density at radius 1 is 1.09 bits per heavy atom. The van der Waals surface area contributed by atoms with E-state index in [0.29, 0.717) is 23.7 Å². The van der Waals surface area contributed by atoms with E-state index in [0.717, 1.165) is 49.9 Å². The fraction of sp³-hybridized carbons (Fsp3) is 0.462. The molecule has 1 spiro atoms. The van der Waals surface area contributed by atoms with Crippen molar-refractivity contribution < 1.29 is 24.2 Å². The first-order chi connectivity index (χ1) is 15.5. The van der Waals surface area contributed by atoms with Gasteiger partial charge in [0.15, 0.2) is 0 Å². The fourth-order valence-electron chi connectivity index (χ4n) is 5.48. The summed E-state index contributed by atoms with van der Waals surface area (Å²) in [7, 11) is 1.48. The summed E-state index contributed by atoms with van der Waals surface area (Å²) in [5.41, 5.74) is 3.68. The van der Waals surface area contributed by atoms with Gasteiger partial charge in [-0.3, -0.25) is 4.79 Å². The van der Waals surface area contributed by atoms with Crippen molar-refractivity contribution in [2.24, 2.45) is 5.41 Å². The van der Waals surface area contributed by atoms with Crippen molar-refractivity contribution in [3.05, 3.63) is 53.6 Å². The third-order valence-corrected chi connectivity index (χ3v) is 7.54. The van der Waals surface area contributed by atoms with Crippen LogP contribution in [0.5, 0.6) is 5.75 Å². The number of carboxylic acid groups (broad SMARTS) is 1. The highest BCUT2D eigenvalue weighted by Gasteiger charge is 2.55. The number of rotatable bonds is 5. The standard InChI is InChI=1S/C26H29NO5/c1-31-22-9-8-19(15-20(22)25(29)30)17-4-6-18(7-5-17)21-16-26(21)10-12-27(13-11-26)24(28)23-3-2-14-32-23/h4-9,15,21,23H,2-3,10-14,16H2,1H3,(H,29,30)/t21-,23-/m1/s1. The van der Waals surface area contributed by atoms with Crippen LogP contribution in [0, 0.1) is 5.41 Å². The van der Waals surface area contributed by atoms with Gasteiger partial charge in [0.25, 0.3) is 5.91 Å². The lowest BCUT2D eigenvalue weighted by molar-refractivity contribution is -0.142. The average molecular weight is 436 g/mol. The zero-order valence-corrected chi connectivity index (χ0v) is 18.4. The monoisotopic (exact) mass is 435 g/mol. The molecule has 2 aromatic carbocycles. The second-order valence-electron chi connectivity index (χ2n) is 9.29. The third-order valence-electron chi connectivity index (χ3n) is 7.54. The first-order valence-electron chi connectivity index (χ1n) is 11.4. The van der Waals surface area contributed by atoms with Crippen molar-refractivity contribution in [2.75, 3.05) is 26.8 Å². The van der Waals surface area contributed by atoms with Gasteiger partial charge in [-0.15, -0.1) is 0 Å². The van der Waals surface area contributed by atoms with E-state index in [9.17, 15) is 14.7 Å². The number of likely N-dealkylation sites (tertiary alicyclic amines) is 1. The number of amides is 1. The molecule has 0 aromatic heterocycles. The Morgan fingerprint density at radius 3 is 2.44 bits per heavy atom. The molecule has 0 unspecified atom stereocenters. The molecular formula is C26H29NO5. The largest absolute Gasteiger partial charge is 0.496 e. The lowest BCUT2D eigenvalue weighted by atomic mass is 9.88. The number of carbonyl (C=O) groups excluding carboxylic acids is 1. The Hall–Kier alpha value is -2.86. The molecule has 2 saturated heterocycles. The molecule has 0 bridgehead atoms. The van der Waals surface area contributed by atoms with Crippen LogP contribution in [0.25, 0.3) is 11.1 Å². The summed E-state index contributed by atoms with van der Waals surface area (Å²) in [6.07, 6.45) is 4.92. The van der Waals surface area contributed by atoms with Gasteiger partial charge in [0.05, 0.1) is 7.11 Å². The number of ether oxygens (including phenoxy) is 2. The Balaban J connectivity index is 1.24. The molecule has 5 rings (SSSR count). The number of methoxy groups -OCH3 is 1. The van der Waals surface area contributed by atoms with Crippen LogP contribution in [-0.4, -0.2) is 54.8 Å². The minimum Gasteiger partial charge on any atom is -0.496 e. The number of hydrogen-bond donors (Lipinski definition) is 1. The van der Waals surface area contributed by atoms with Crippen molar-refractivity contribution in [3.8, 4) is 16.9 Å². The summed E-state index contributed by atoms with van der Waals surface area (Å²) < 4.78 is 10.7. The second kappa shape index (κ2) is 8.24. The first kappa shape index (κ1) is 21.0. The van der Waals surface area contributed by atoms with Gasteiger partial charge in [-0.05, 0) is 72.3 Å². The molecule has 2 aromatic rings. The van der Waals surface area contributed by atoms with Gasteiger partial charge in [-0.2, -0.15) is 0 Å². The van der Waals surface area contributed by atoms with Gasteiger partial charge in [0.1, 0.15) is 17.4 Å². The molecule has 2 heterocycles. The molecule has 3 fully saturated rings. The van der Waals surface area contributed by atoms with Crippen LogP contribution >= 0.6 is 0 Å². The molecule has 1 aliphatic carbocycles. The highest BCUT2D eigenvalue weighted by molar-refractivity contribution is 5.92. The van der Waals surface area contributed by atoms with Crippen molar-refractivity contribution >= 4 is 11.9 Å². The maximum absolute atomic E-state index is 12.6. The van der Waals surface area contributed by atoms with Crippen LogP contribution in [0.3, 0.4) is 0 Å². The summed E-state index contributed by atoms with van der Waals surface area (Å²) in [6, 6.07) is 13.7.